The minimum Gasteiger partial charge on any atom is -0.307 e. The molecule has 1 aromatic carbocycles. The van der Waals surface area contributed by atoms with Crippen molar-refractivity contribution in [3.63, 3.8) is 0 Å². The number of nitrogens with one attached hydrogen (secondary N) is 1. The van der Waals surface area contributed by atoms with Crippen molar-refractivity contribution in [3.05, 3.63) is 40.7 Å². The predicted octanol–water partition coefficient (Wildman–Crippen LogP) is 4.15. The first kappa shape index (κ1) is 14.2. The van der Waals surface area contributed by atoms with Gasteiger partial charge in [-0.1, -0.05) is 12.1 Å². The molecule has 1 aromatic heterocycles. The smallest absolute Gasteiger partial charge is 0.136 e. The SMILES string of the molecule is Cc1cccc(-c2ncc(CNC(C)(C)C)s2)c1F. The van der Waals surface area contributed by atoms with Gasteiger partial charge in [-0.05, 0) is 39.3 Å². The summed E-state index contributed by atoms with van der Waals surface area (Å²) >= 11 is 1.54. The summed E-state index contributed by atoms with van der Waals surface area (Å²) in [5.41, 5.74) is 1.31. The summed E-state index contributed by atoms with van der Waals surface area (Å²) in [5, 5.41) is 4.15. The normalized spacial score (nSPS) is 11.8. The summed E-state index contributed by atoms with van der Waals surface area (Å²) < 4.78 is 14.0. The number of aryl methyl sites for hydroxylation is 1. The van der Waals surface area contributed by atoms with Crippen LogP contribution in [0.1, 0.15) is 31.2 Å². The first-order valence-electron chi connectivity index (χ1n) is 6.32. The van der Waals surface area contributed by atoms with Gasteiger partial charge in [-0.2, -0.15) is 0 Å². The Morgan fingerprint density at radius 1 is 1.32 bits per heavy atom. The summed E-state index contributed by atoms with van der Waals surface area (Å²) in [4.78, 5) is 5.44. The molecule has 0 bridgehead atoms. The van der Waals surface area contributed by atoms with Gasteiger partial charge in [-0.15, -0.1) is 11.3 Å². The van der Waals surface area contributed by atoms with Crippen LogP contribution in [-0.4, -0.2) is 10.5 Å². The standard InChI is InChI=1S/C15H19FN2S/c1-10-6-5-7-12(13(10)16)14-17-8-11(19-14)9-18-15(2,3)4/h5-8,18H,9H2,1-4H3. The molecule has 0 aliphatic rings. The summed E-state index contributed by atoms with van der Waals surface area (Å²) in [6, 6.07) is 5.42. The van der Waals surface area contributed by atoms with Gasteiger partial charge in [0, 0.05) is 28.7 Å². The summed E-state index contributed by atoms with van der Waals surface area (Å²) in [6.45, 7) is 8.89. The maximum absolute atomic E-state index is 14.0. The van der Waals surface area contributed by atoms with Crippen LogP contribution in [0.5, 0.6) is 0 Å². The van der Waals surface area contributed by atoms with E-state index >= 15 is 0 Å². The molecule has 0 atom stereocenters. The van der Waals surface area contributed by atoms with Gasteiger partial charge in [0.2, 0.25) is 0 Å². The molecule has 0 spiro atoms. The predicted molar refractivity (Wildman–Crippen MR) is 78.8 cm³/mol. The van der Waals surface area contributed by atoms with Crippen LogP contribution >= 0.6 is 11.3 Å². The van der Waals surface area contributed by atoms with Gasteiger partial charge in [-0.3, -0.25) is 0 Å². The molecule has 2 rings (SSSR count). The van der Waals surface area contributed by atoms with Crippen molar-refractivity contribution in [2.75, 3.05) is 0 Å². The molecule has 19 heavy (non-hydrogen) atoms. The van der Waals surface area contributed by atoms with E-state index in [2.05, 4.69) is 31.1 Å². The van der Waals surface area contributed by atoms with Crippen molar-refractivity contribution in [2.45, 2.75) is 39.8 Å². The molecule has 0 amide bonds. The van der Waals surface area contributed by atoms with E-state index in [1.807, 2.05) is 12.3 Å². The Balaban J connectivity index is 2.19. The lowest BCUT2D eigenvalue weighted by Crippen LogP contribution is -2.34. The average Bonchev–Trinajstić information content (AvgIpc) is 2.78. The number of nitrogens with zero attached hydrogens (tertiary/aromatic N) is 1. The molecule has 0 aliphatic heterocycles. The van der Waals surface area contributed by atoms with E-state index in [9.17, 15) is 4.39 Å². The Hall–Kier alpha value is -1.26. The van der Waals surface area contributed by atoms with Gasteiger partial charge in [0.1, 0.15) is 10.8 Å². The number of thiazole rings is 1. The van der Waals surface area contributed by atoms with Crippen LogP contribution in [0, 0.1) is 12.7 Å². The molecule has 0 saturated heterocycles. The van der Waals surface area contributed by atoms with Crippen LogP contribution in [0.2, 0.25) is 0 Å². The fourth-order valence-electron chi connectivity index (χ4n) is 1.68. The maximum Gasteiger partial charge on any atom is 0.136 e. The highest BCUT2D eigenvalue weighted by Gasteiger charge is 2.13. The lowest BCUT2D eigenvalue weighted by Gasteiger charge is -2.19. The van der Waals surface area contributed by atoms with E-state index in [0.29, 0.717) is 11.1 Å². The van der Waals surface area contributed by atoms with Crippen LogP contribution in [-0.2, 0) is 6.54 Å². The quantitative estimate of drug-likeness (QED) is 0.912. The number of halogens is 1. The first-order chi connectivity index (χ1) is 8.87. The van der Waals surface area contributed by atoms with E-state index in [4.69, 9.17) is 0 Å². The number of rotatable bonds is 3. The monoisotopic (exact) mass is 278 g/mol. The van der Waals surface area contributed by atoms with Gasteiger partial charge < -0.3 is 5.32 Å². The number of hydrogen-bond donors (Lipinski definition) is 1. The molecule has 4 heteroatoms. The second-order valence-electron chi connectivity index (χ2n) is 5.67. The van der Waals surface area contributed by atoms with Crippen molar-refractivity contribution in [3.8, 4) is 10.6 Å². The fraction of sp³-hybridized carbons (Fsp3) is 0.400. The topological polar surface area (TPSA) is 24.9 Å². The van der Waals surface area contributed by atoms with E-state index in [1.54, 1.807) is 19.1 Å². The molecule has 2 nitrogen and oxygen atoms in total. The van der Waals surface area contributed by atoms with E-state index in [-0.39, 0.29) is 11.4 Å². The van der Waals surface area contributed by atoms with Crippen molar-refractivity contribution >= 4 is 11.3 Å². The lowest BCUT2D eigenvalue weighted by molar-refractivity contribution is 0.426. The number of benzene rings is 1. The van der Waals surface area contributed by atoms with Crippen LogP contribution in [0.3, 0.4) is 0 Å². The molecular weight excluding hydrogens is 259 g/mol. The highest BCUT2D eigenvalue weighted by atomic mass is 32.1. The van der Waals surface area contributed by atoms with Crippen LogP contribution in [0.15, 0.2) is 24.4 Å². The zero-order chi connectivity index (χ0) is 14.0. The fourth-order valence-corrected chi connectivity index (χ4v) is 2.55. The summed E-state index contributed by atoms with van der Waals surface area (Å²) in [7, 11) is 0. The van der Waals surface area contributed by atoms with Crippen LogP contribution < -0.4 is 5.32 Å². The second kappa shape index (κ2) is 5.39. The minimum absolute atomic E-state index is 0.0682. The molecule has 0 fully saturated rings. The minimum atomic E-state index is -0.174. The highest BCUT2D eigenvalue weighted by Crippen LogP contribution is 2.28. The molecule has 102 valence electrons. The van der Waals surface area contributed by atoms with E-state index < -0.39 is 0 Å². The number of aromatic nitrogens is 1. The highest BCUT2D eigenvalue weighted by molar-refractivity contribution is 7.15. The van der Waals surface area contributed by atoms with Gasteiger partial charge >= 0.3 is 0 Å². The van der Waals surface area contributed by atoms with E-state index in [1.165, 1.54) is 11.3 Å². The Labute approximate surface area is 117 Å². The second-order valence-corrected chi connectivity index (χ2v) is 6.79. The zero-order valence-corrected chi connectivity index (χ0v) is 12.6. The largest absolute Gasteiger partial charge is 0.307 e. The average molecular weight is 278 g/mol. The van der Waals surface area contributed by atoms with E-state index in [0.717, 1.165) is 16.4 Å². The Kier molecular flexibility index (Phi) is 4.02. The third-order valence-electron chi connectivity index (χ3n) is 2.77. The van der Waals surface area contributed by atoms with Gasteiger partial charge in [0.05, 0.1) is 0 Å². The maximum atomic E-state index is 14.0. The third-order valence-corrected chi connectivity index (χ3v) is 3.80. The molecule has 0 aliphatic carbocycles. The van der Waals surface area contributed by atoms with Crippen molar-refractivity contribution in [2.24, 2.45) is 0 Å². The van der Waals surface area contributed by atoms with Crippen LogP contribution in [0.25, 0.3) is 10.6 Å². The van der Waals surface area contributed by atoms with Gasteiger partial charge in [-0.25, -0.2) is 9.37 Å². The van der Waals surface area contributed by atoms with Crippen molar-refractivity contribution in [1.29, 1.82) is 0 Å². The molecule has 1 heterocycles. The molecule has 0 radical (unpaired) electrons. The first-order valence-corrected chi connectivity index (χ1v) is 7.14. The Bertz CT molecular complexity index is 570. The Morgan fingerprint density at radius 2 is 2.05 bits per heavy atom. The van der Waals surface area contributed by atoms with Gasteiger partial charge in [0.15, 0.2) is 0 Å². The number of hydrogen-bond acceptors (Lipinski definition) is 3. The summed E-state index contributed by atoms with van der Waals surface area (Å²) in [5.74, 6) is -0.174. The molecule has 2 aromatic rings. The molecule has 0 saturated carbocycles. The molecular formula is C15H19FN2S. The zero-order valence-electron chi connectivity index (χ0n) is 11.7. The van der Waals surface area contributed by atoms with Gasteiger partial charge in [0.25, 0.3) is 0 Å². The summed E-state index contributed by atoms with van der Waals surface area (Å²) in [6.07, 6.45) is 1.82. The molecule has 0 unspecified atom stereocenters. The van der Waals surface area contributed by atoms with Crippen LogP contribution in [0.4, 0.5) is 4.39 Å². The van der Waals surface area contributed by atoms with Crippen molar-refractivity contribution in [1.82, 2.24) is 10.3 Å². The van der Waals surface area contributed by atoms with Crippen molar-refractivity contribution < 1.29 is 4.39 Å². The molecule has 1 N–H and O–H groups in total. The Morgan fingerprint density at radius 3 is 2.74 bits per heavy atom. The lowest BCUT2D eigenvalue weighted by atomic mass is 10.1. The third kappa shape index (κ3) is 3.61.